The van der Waals surface area contributed by atoms with Gasteiger partial charge in [0.05, 0.1) is 17.6 Å². The molecule has 0 fully saturated rings. The molecule has 0 saturated carbocycles. The molecule has 4 nitrogen and oxygen atoms in total. The summed E-state index contributed by atoms with van der Waals surface area (Å²) in [5.41, 5.74) is 10.4. The first-order chi connectivity index (χ1) is 13.1. The van der Waals surface area contributed by atoms with Crippen molar-refractivity contribution >= 4 is 27.8 Å². The lowest BCUT2D eigenvalue weighted by Crippen LogP contribution is -1.88. The Hall–Kier alpha value is -3.60. The maximum absolute atomic E-state index is 13.3. The van der Waals surface area contributed by atoms with Crippen molar-refractivity contribution < 1.29 is 4.39 Å². The minimum absolute atomic E-state index is 0.255. The van der Waals surface area contributed by atoms with Crippen LogP contribution in [0, 0.1) is 12.7 Å². The van der Waals surface area contributed by atoms with E-state index >= 15 is 0 Å². The Labute approximate surface area is 156 Å². The Morgan fingerprint density at radius 1 is 0.926 bits per heavy atom. The molecule has 0 aliphatic rings. The highest BCUT2D eigenvalue weighted by atomic mass is 19.1. The van der Waals surface area contributed by atoms with Crippen LogP contribution in [-0.2, 0) is 0 Å². The number of nitrogens with two attached hydrogens (primary N) is 1. The molecule has 27 heavy (non-hydrogen) atoms. The molecule has 0 aliphatic carbocycles. The van der Waals surface area contributed by atoms with Gasteiger partial charge in [-0.15, -0.1) is 10.2 Å². The van der Waals surface area contributed by atoms with Gasteiger partial charge in [0.1, 0.15) is 17.2 Å². The molecule has 0 spiro atoms. The normalized spacial score (nSPS) is 11.3. The number of nitrogen functional groups attached to an aromatic ring is 1. The summed E-state index contributed by atoms with van der Waals surface area (Å²) < 4.78 is 13.3. The maximum atomic E-state index is 13.3. The summed E-state index contributed by atoms with van der Waals surface area (Å²) in [5, 5.41) is 10.6. The Bertz CT molecular complexity index is 1150. The Morgan fingerprint density at radius 3 is 2.56 bits per heavy atom. The summed E-state index contributed by atoms with van der Waals surface area (Å²) in [4.78, 5) is 4.43. The molecular formula is C22H17FN4. The standard InChI is InChI=1S/C22H17FN4/c1-14-12-16(23)7-9-18(14)21-11-8-17(13-25-21)26-27-22-19-5-3-2-4-15(19)6-10-20(22)24/h2-13H,24H2,1H3. The Kier molecular flexibility index (Phi) is 4.34. The highest BCUT2D eigenvalue weighted by molar-refractivity contribution is 5.97. The topological polar surface area (TPSA) is 63.6 Å². The first-order valence-electron chi connectivity index (χ1n) is 8.53. The molecule has 2 N–H and O–H groups in total. The van der Waals surface area contributed by atoms with E-state index in [2.05, 4.69) is 15.2 Å². The second-order valence-corrected chi connectivity index (χ2v) is 6.29. The number of azo groups is 1. The van der Waals surface area contributed by atoms with Crippen molar-refractivity contribution in [3.63, 3.8) is 0 Å². The van der Waals surface area contributed by atoms with Gasteiger partial charge in [-0.1, -0.05) is 30.3 Å². The highest BCUT2D eigenvalue weighted by Gasteiger charge is 2.06. The number of aryl methyl sites for hydroxylation is 1. The quantitative estimate of drug-likeness (QED) is 0.343. The van der Waals surface area contributed by atoms with Gasteiger partial charge in [0.2, 0.25) is 0 Å². The molecule has 4 aromatic rings. The largest absolute Gasteiger partial charge is 0.397 e. The molecule has 0 saturated heterocycles. The van der Waals surface area contributed by atoms with Gasteiger partial charge < -0.3 is 5.73 Å². The summed E-state index contributed by atoms with van der Waals surface area (Å²) in [6.45, 7) is 1.86. The molecule has 0 unspecified atom stereocenters. The zero-order valence-electron chi connectivity index (χ0n) is 14.7. The number of fused-ring (bicyclic) bond motifs is 1. The number of hydrogen-bond acceptors (Lipinski definition) is 4. The monoisotopic (exact) mass is 356 g/mol. The van der Waals surface area contributed by atoms with Crippen molar-refractivity contribution in [3.05, 3.63) is 84.3 Å². The number of pyridine rings is 1. The molecule has 3 aromatic carbocycles. The van der Waals surface area contributed by atoms with E-state index in [1.54, 1.807) is 12.3 Å². The fraction of sp³-hybridized carbons (Fsp3) is 0.0455. The van der Waals surface area contributed by atoms with Crippen LogP contribution in [-0.4, -0.2) is 4.98 Å². The zero-order valence-corrected chi connectivity index (χ0v) is 14.7. The molecule has 4 rings (SSSR count). The average Bonchev–Trinajstić information content (AvgIpc) is 2.68. The van der Waals surface area contributed by atoms with E-state index in [1.165, 1.54) is 12.1 Å². The molecule has 1 aromatic heterocycles. The molecule has 0 radical (unpaired) electrons. The van der Waals surface area contributed by atoms with E-state index in [9.17, 15) is 4.39 Å². The number of hydrogen-bond donors (Lipinski definition) is 1. The SMILES string of the molecule is Cc1cc(F)ccc1-c1ccc(N=Nc2c(N)ccc3ccccc23)cn1. The predicted molar refractivity (Wildman–Crippen MR) is 107 cm³/mol. The first-order valence-corrected chi connectivity index (χ1v) is 8.53. The van der Waals surface area contributed by atoms with E-state index in [4.69, 9.17) is 5.73 Å². The molecule has 1 heterocycles. The third-order valence-corrected chi connectivity index (χ3v) is 4.41. The lowest BCUT2D eigenvalue weighted by atomic mass is 10.1. The minimum atomic E-state index is -0.255. The van der Waals surface area contributed by atoms with Crippen LogP contribution in [0.4, 0.5) is 21.5 Å². The van der Waals surface area contributed by atoms with Crippen molar-refractivity contribution in [2.24, 2.45) is 10.2 Å². The van der Waals surface area contributed by atoms with Gasteiger partial charge in [-0.05, 0) is 54.3 Å². The average molecular weight is 356 g/mol. The second kappa shape index (κ2) is 6.96. The van der Waals surface area contributed by atoms with Crippen molar-refractivity contribution in [2.75, 3.05) is 5.73 Å². The summed E-state index contributed by atoms with van der Waals surface area (Å²) in [6, 6.07) is 20.0. The van der Waals surface area contributed by atoms with Gasteiger partial charge in [0.25, 0.3) is 0 Å². The summed E-state index contributed by atoms with van der Waals surface area (Å²) in [7, 11) is 0. The lowest BCUT2D eigenvalue weighted by Gasteiger charge is -2.06. The third kappa shape index (κ3) is 3.40. The number of halogens is 1. The van der Waals surface area contributed by atoms with Crippen LogP contribution < -0.4 is 5.73 Å². The van der Waals surface area contributed by atoms with Crippen LogP contribution in [0.5, 0.6) is 0 Å². The molecular weight excluding hydrogens is 339 g/mol. The second-order valence-electron chi connectivity index (χ2n) is 6.29. The molecule has 0 atom stereocenters. The smallest absolute Gasteiger partial charge is 0.123 e. The fourth-order valence-electron chi connectivity index (χ4n) is 3.01. The van der Waals surface area contributed by atoms with Crippen molar-refractivity contribution in [1.29, 1.82) is 0 Å². The summed E-state index contributed by atoms with van der Waals surface area (Å²) in [5.74, 6) is -0.255. The molecule has 0 aliphatic heterocycles. The van der Waals surface area contributed by atoms with Crippen LogP contribution in [0.25, 0.3) is 22.0 Å². The molecule has 132 valence electrons. The van der Waals surface area contributed by atoms with Crippen molar-refractivity contribution in [1.82, 2.24) is 4.98 Å². The van der Waals surface area contributed by atoms with Gasteiger partial charge in [-0.2, -0.15) is 0 Å². The van der Waals surface area contributed by atoms with E-state index in [0.29, 0.717) is 17.1 Å². The van der Waals surface area contributed by atoms with Gasteiger partial charge in [-0.25, -0.2) is 4.39 Å². The van der Waals surface area contributed by atoms with E-state index in [-0.39, 0.29) is 5.82 Å². The van der Waals surface area contributed by atoms with Crippen molar-refractivity contribution in [3.8, 4) is 11.3 Å². The Balaban J connectivity index is 1.65. The fourth-order valence-corrected chi connectivity index (χ4v) is 3.01. The van der Waals surface area contributed by atoms with Gasteiger partial charge in [-0.3, -0.25) is 4.98 Å². The number of anilines is 1. The number of nitrogens with zero attached hydrogens (tertiary/aromatic N) is 3. The van der Waals surface area contributed by atoms with Gasteiger partial charge >= 0.3 is 0 Å². The molecule has 0 amide bonds. The third-order valence-electron chi connectivity index (χ3n) is 4.41. The number of rotatable bonds is 3. The Morgan fingerprint density at radius 2 is 1.78 bits per heavy atom. The first kappa shape index (κ1) is 16.8. The number of aromatic nitrogens is 1. The van der Waals surface area contributed by atoms with E-state index in [0.717, 1.165) is 27.6 Å². The summed E-state index contributed by atoms with van der Waals surface area (Å²) >= 11 is 0. The lowest BCUT2D eigenvalue weighted by molar-refractivity contribution is 0.627. The van der Waals surface area contributed by atoms with Crippen molar-refractivity contribution in [2.45, 2.75) is 6.92 Å². The zero-order chi connectivity index (χ0) is 18.8. The predicted octanol–water partition coefficient (Wildman–Crippen LogP) is 6.35. The van der Waals surface area contributed by atoms with Crippen LogP contribution >= 0.6 is 0 Å². The highest BCUT2D eigenvalue weighted by Crippen LogP contribution is 2.33. The van der Waals surface area contributed by atoms with Gasteiger partial charge in [0, 0.05) is 10.9 Å². The van der Waals surface area contributed by atoms with Crippen LogP contribution in [0.1, 0.15) is 5.56 Å². The van der Waals surface area contributed by atoms with E-state index in [1.807, 2.05) is 55.5 Å². The molecule has 0 bridgehead atoms. The summed E-state index contributed by atoms with van der Waals surface area (Å²) in [6.07, 6.45) is 1.64. The van der Waals surface area contributed by atoms with Crippen LogP contribution in [0.15, 0.2) is 83.2 Å². The van der Waals surface area contributed by atoms with Crippen LogP contribution in [0.2, 0.25) is 0 Å². The number of benzene rings is 3. The minimum Gasteiger partial charge on any atom is -0.397 e. The van der Waals surface area contributed by atoms with Gasteiger partial charge in [0.15, 0.2) is 0 Å². The molecule has 5 heteroatoms. The van der Waals surface area contributed by atoms with Crippen LogP contribution in [0.3, 0.4) is 0 Å². The maximum Gasteiger partial charge on any atom is 0.123 e. The van der Waals surface area contributed by atoms with E-state index < -0.39 is 0 Å².